The van der Waals surface area contributed by atoms with E-state index < -0.39 is 0 Å². The topological polar surface area (TPSA) is 57.0 Å². The molecule has 4 nitrogen and oxygen atoms in total. The van der Waals surface area contributed by atoms with Crippen molar-refractivity contribution in [1.29, 1.82) is 5.26 Å². The van der Waals surface area contributed by atoms with E-state index in [0.717, 1.165) is 5.82 Å². The van der Waals surface area contributed by atoms with Crippen molar-refractivity contribution in [2.75, 3.05) is 11.4 Å². The molecule has 1 aliphatic rings. The van der Waals surface area contributed by atoms with Gasteiger partial charge in [-0.1, -0.05) is 0 Å². The van der Waals surface area contributed by atoms with Gasteiger partial charge in [0.1, 0.15) is 5.82 Å². The number of carbonyl (C=O) groups is 1. The van der Waals surface area contributed by atoms with Crippen LogP contribution in [0.15, 0.2) is 18.3 Å². The molecule has 17 heavy (non-hydrogen) atoms. The number of Topliss-reactive ketones (excluding diaryl/α,β-unsaturated/α-hetero) is 1. The average molecular weight is 229 g/mol. The number of pyridine rings is 1. The maximum absolute atomic E-state index is 11.1. The molecule has 0 amide bonds. The van der Waals surface area contributed by atoms with Gasteiger partial charge < -0.3 is 4.90 Å². The molecule has 0 aliphatic heterocycles. The van der Waals surface area contributed by atoms with E-state index in [1.54, 1.807) is 12.3 Å². The minimum atomic E-state index is 0.0269. The van der Waals surface area contributed by atoms with E-state index in [9.17, 15) is 4.79 Å². The van der Waals surface area contributed by atoms with Crippen LogP contribution in [0.2, 0.25) is 0 Å². The van der Waals surface area contributed by atoms with Gasteiger partial charge in [0.05, 0.1) is 12.5 Å². The van der Waals surface area contributed by atoms with Gasteiger partial charge in [-0.15, -0.1) is 0 Å². The molecule has 0 spiro atoms. The van der Waals surface area contributed by atoms with Crippen LogP contribution in [0.25, 0.3) is 0 Å². The fourth-order valence-electron chi connectivity index (χ4n) is 1.81. The number of hydrogen-bond acceptors (Lipinski definition) is 4. The van der Waals surface area contributed by atoms with Gasteiger partial charge in [-0.25, -0.2) is 4.98 Å². The fourth-order valence-corrected chi connectivity index (χ4v) is 1.81. The number of aromatic nitrogens is 1. The monoisotopic (exact) mass is 229 g/mol. The normalized spacial score (nSPS) is 14.1. The molecule has 0 N–H and O–H groups in total. The molecular weight excluding hydrogens is 214 g/mol. The van der Waals surface area contributed by atoms with Crippen LogP contribution in [0.5, 0.6) is 0 Å². The number of anilines is 1. The van der Waals surface area contributed by atoms with Crippen molar-refractivity contribution in [2.45, 2.75) is 32.2 Å². The van der Waals surface area contributed by atoms with E-state index in [1.165, 1.54) is 19.8 Å². The van der Waals surface area contributed by atoms with E-state index in [1.807, 2.05) is 6.07 Å². The predicted molar refractivity (Wildman–Crippen MR) is 64.8 cm³/mol. The predicted octanol–water partition coefficient (Wildman–Crippen LogP) is 2.17. The van der Waals surface area contributed by atoms with Crippen molar-refractivity contribution < 1.29 is 4.79 Å². The molecule has 1 aromatic rings. The SMILES string of the molecule is CC(=O)c1ccc(N(CCC#N)C2CC2)nc1. The highest BCUT2D eigenvalue weighted by Gasteiger charge is 2.29. The molecule has 0 atom stereocenters. The molecule has 2 rings (SSSR count). The van der Waals surface area contributed by atoms with E-state index in [2.05, 4.69) is 16.0 Å². The Morgan fingerprint density at radius 3 is 2.82 bits per heavy atom. The second kappa shape index (κ2) is 4.96. The maximum atomic E-state index is 11.1. The van der Waals surface area contributed by atoms with Gasteiger partial charge in [-0.05, 0) is 31.9 Å². The van der Waals surface area contributed by atoms with E-state index in [-0.39, 0.29) is 5.78 Å². The summed E-state index contributed by atoms with van der Waals surface area (Å²) in [6.45, 7) is 2.25. The third-order valence-electron chi connectivity index (χ3n) is 2.90. The van der Waals surface area contributed by atoms with Crippen LogP contribution in [-0.2, 0) is 0 Å². The van der Waals surface area contributed by atoms with Gasteiger partial charge in [0.2, 0.25) is 0 Å². The van der Waals surface area contributed by atoms with Crippen LogP contribution >= 0.6 is 0 Å². The van der Waals surface area contributed by atoms with E-state index >= 15 is 0 Å². The summed E-state index contributed by atoms with van der Waals surface area (Å²) >= 11 is 0. The molecule has 0 radical (unpaired) electrons. The molecule has 0 unspecified atom stereocenters. The summed E-state index contributed by atoms with van der Waals surface area (Å²) in [4.78, 5) is 17.6. The van der Waals surface area contributed by atoms with Crippen molar-refractivity contribution in [3.05, 3.63) is 23.9 Å². The Labute approximate surface area is 101 Å². The summed E-state index contributed by atoms with van der Waals surface area (Å²) in [5.41, 5.74) is 0.629. The van der Waals surface area contributed by atoms with Gasteiger partial charge in [0.25, 0.3) is 0 Å². The highest BCUT2D eigenvalue weighted by molar-refractivity contribution is 5.93. The first-order valence-electron chi connectivity index (χ1n) is 5.83. The maximum Gasteiger partial charge on any atom is 0.161 e. The van der Waals surface area contributed by atoms with Crippen LogP contribution in [0.3, 0.4) is 0 Å². The Morgan fingerprint density at radius 1 is 1.59 bits per heavy atom. The van der Waals surface area contributed by atoms with Crippen molar-refractivity contribution in [3.8, 4) is 6.07 Å². The highest BCUT2D eigenvalue weighted by Crippen LogP contribution is 2.30. The fraction of sp³-hybridized carbons (Fsp3) is 0.462. The van der Waals surface area contributed by atoms with Crippen molar-refractivity contribution >= 4 is 11.6 Å². The Balaban J connectivity index is 2.13. The van der Waals surface area contributed by atoms with Crippen LogP contribution < -0.4 is 4.90 Å². The quantitative estimate of drug-likeness (QED) is 0.726. The lowest BCUT2D eigenvalue weighted by atomic mass is 10.2. The van der Waals surface area contributed by atoms with Crippen molar-refractivity contribution in [3.63, 3.8) is 0 Å². The molecule has 0 saturated heterocycles. The van der Waals surface area contributed by atoms with Gasteiger partial charge in [-0.2, -0.15) is 5.26 Å². The summed E-state index contributed by atoms with van der Waals surface area (Å²) in [5, 5.41) is 8.64. The average Bonchev–Trinajstić information content (AvgIpc) is 3.14. The second-order valence-corrected chi connectivity index (χ2v) is 4.29. The van der Waals surface area contributed by atoms with Crippen LogP contribution in [-0.4, -0.2) is 23.4 Å². The van der Waals surface area contributed by atoms with Gasteiger partial charge in [0.15, 0.2) is 5.78 Å². The van der Waals surface area contributed by atoms with Crippen LogP contribution in [0, 0.1) is 11.3 Å². The van der Waals surface area contributed by atoms with E-state index in [4.69, 9.17) is 5.26 Å². The zero-order valence-electron chi connectivity index (χ0n) is 9.89. The Hall–Kier alpha value is -1.89. The Kier molecular flexibility index (Phi) is 3.38. The lowest BCUT2D eigenvalue weighted by Crippen LogP contribution is -2.27. The standard InChI is InChI=1S/C13H15N3O/c1-10(17)11-3-6-13(15-9-11)16(8-2-7-14)12-4-5-12/h3,6,9,12H,2,4-5,8H2,1H3. The summed E-state index contributed by atoms with van der Waals surface area (Å²) in [7, 11) is 0. The minimum Gasteiger partial charge on any atom is -0.353 e. The Bertz CT molecular complexity index is 443. The zero-order chi connectivity index (χ0) is 12.3. The number of rotatable bonds is 5. The third kappa shape index (κ3) is 2.82. The number of hydrogen-bond donors (Lipinski definition) is 0. The number of ketones is 1. The minimum absolute atomic E-state index is 0.0269. The summed E-state index contributed by atoms with van der Waals surface area (Å²) in [6, 6.07) is 6.35. The molecule has 4 heteroatoms. The first-order valence-corrected chi connectivity index (χ1v) is 5.83. The lowest BCUT2D eigenvalue weighted by Gasteiger charge is -2.22. The molecule has 1 heterocycles. The van der Waals surface area contributed by atoms with Crippen molar-refractivity contribution in [1.82, 2.24) is 4.98 Å². The smallest absolute Gasteiger partial charge is 0.161 e. The van der Waals surface area contributed by atoms with Gasteiger partial charge in [-0.3, -0.25) is 4.79 Å². The Morgan fingerprint density at radius 2 is 2.35 bits per heavy atom. The molecule has 1 aliphatic carbocycles. The molecular formula is C13H15N3O. The number of nitriles is 1. The van der Waals surface area contributed by atoms with Crippen LogP contribution in [0.4, 0.5) is 5.82 Å². The van der Waals surface area contributed by atoms with Gasteiger partial charge in [0, 0.05) is 24.3 Å². The van der Waals surface area contributed by atoms with Crippen molar-refractivity contribution in [2.24, 2.45) is 0 Å². The second-order valence-electron chi connectivity index (χ2n) is 4.29. The van der Waals surface area contributed by atoms with Gasteiger partial charge >= 0.3 is 0 Å². The molecule has 0 aromatic carbocycles. The summed E-state index contributed by atoms with van der Waals surface area (Å²) < 4.78 is 0. The third-order valence-corrected chi connectivity index (χ3v) is 2.90. The number of carbonyl (C=O) groups excluding carboxylic acids is 1. The molecule has 88 valence electrons. The first-order chi connectivity index (χ1) is 8.22. The molecule has 1 fully saturated rings. The lowest BCUT2D eigenvalue weighted by molar-refractivity contribution is 0.101. The molecule has 1 saturated carbocycles. The largest absolute Gasteiger partial charge is 0.353 e. The van der Waals surface area contributed by atoms with Crippen LogP contribution in [0.1, 0.15) is 36.5 Å². The van der Waals surface area contributed by atoms with E-state index in [0.29, 0.717) is 24.6 Å². The number of nitrogens with zero attached hydrogens (tertiary/aromatic N) is 3. The molecule has 1 aromatic heterocycles. The summed E-state index contributed by atoms with van der Waals surface area (Å²) in [6.07, 6.45) is 4.45. The summed E-state index contributed by atoms with van der Waals surface area (Å²) in [5.74, 6) is 0.895. The zero-order valence-corrected chi connectivity index (χ0v) is 9.89. The highest BCUT2D eigenvalue weighted by atomic mass is 16.1. The molecule has 0 bridgehead atoms. The first kappa shape index (κ1) is 11.6.